The van der Waals surface area contributed by atoms with Crippen molar-refractivity contribution in [1.29, 1.82) is 0 Å². The first-order valence-electron chi connectivity index (χ1n) is 7.63. The fourth-order valence-corrected chi connectivity index (χ4v) is 3.08. The molecule has 1 N–H and O–H groups in total. The van der Waals surface area contributed by atoms with E-state index in [0.717, 1.165) is 32.5 Å². The van der Waals surface area contributed by atoms with Gasteiger partial charge in [-0.25, -0.2) is 4.79 Å². The van der Waals surface area contributed by atoms with Crippen LogP contribution in [0.3, 0.4) is 0 Å². The van der Waals surface area contributed by atoms with E-state index in [1.54, 1.807) is 0 Å². The van der Waals surface area contributed by atoms with Crippen LogP contribution in [0.1, 0.15) is 59.3 Å². The third-order valence-corrected chi connectivity index (χ3v) is 4.20. The number of nitrogens with zero attached hydrogens (tertiary/aromatic N) is 1. The van der Waals surface area contributed by atoms with Crippen molar-refractivity contribution < 1.29 is 9.53 Å². The van der Waals surface area contributed by atoms with Gasteiger partial charge >= 0.3 is 6.09 Å². The molecule has 4 heteroatoms. The summed E-state index contributed by atoms with van der Waals surface area (Å²) >= 11 is 0. The second kappa shape index (κ2) is 5.70. The van der Waals surface area contributed by atoms with E-state index >= 15 is 0 Å². The fraction of sp³-hybridized carbons (Fsp3) is 0.933. The molecule has 0 unspecified atom stereocenters. The van der Waals surface area contributed by atoms with Gasteiger partial charge in [0.1, 0.15) is 5.60 Å². The van der Waals surface area contributed by atoms with Gasteiger partial charge in [-0.2, -0.15) is 0 Å². The van der Waals surface area contributed by atoms with Gasteiger partial charge in [-0.05, 0) is 53.0 Å². The minimum Gasteiger partial charge on any atom is -0.444 e. The van der Waals surface area contributed by atoms with E-state index in [-0.39, 0.29) is 11.6 Å². The molecule has 0 aromatic rings. The Morgan fingerprint density at radius 1 is 1.11 bits per heavy atom. The highest BCUT2D eigenvalue weighted by Gasteiger charge is 2.36. The van der Waals surface area contributed by atoms with Crippen molar-refractivity contribution in [3.8, 4) is 0 Å². The van der Waals surface area contributed by atoms with Crippen LogP contribution >= 0.6 is 0 Å². The molecule has 2 aliphatic rings. The van der Waals surface area contributed by atoms with Crippen molar-refractivity contribution in [2.24, 2.45) is 0 Å². The summed E-state index contributed by atoms with van der Waals surface area (Å²) in [6.45, 7) is 8.53. The number of ether oxygens (including phenoxy) is 1. The Labute approximate surface area is 116 Å². The van der Waals surface area contributed by atoms with Crippen molar-refractivity contribution in [1.82, 2.24) is 10.2 Å². The number of piperidine rings is 1. The van der Waals surface area contributed by atoms with Gasteiger partial charge in [0, 0.05) is 18.6 Å². The smallest absolute Gasteiger partial charge is 0.410 e. The maximum absolute atomic E-state index is 12.0. The van der Waals surface area contributed by atoms with Crippen LogP contribution in [0.4, 0.5) is 4.79 Å². The monoisotopic (exact) mass is 268 g/mol. The normalized spacial score (nSPS) is 24.1. The molecule has 4 nitrogen and oxygen atoms in total. The Hall–Kier alpha value is -0.770. The fourth-order valence-electron chi connectivity index (χ4n) is 3.08. The molecule has 0 bridgehead atoms. The Morgan fingerprint density at radius 2 is 1.79 bits per heavy atom. The van der Waals surface area contributed by atoms with Crippen LogP contribution in [0.2, 0.25) is 0 Å². The molecule has 2 saturated heterocycles. The van der Waals surface area contributed by atoms with E-state index in [4.69, 9.17) is 4.74 Å². The minimum absolute atomic E-state index is 0.157. The first-order chi connectivity index (χ1) is 8.90. The molecule has 19 heavy (non-hydrogen) atoms. The number of hydrogen-bond donors (Lipinski definition) is 1. The van der Waals surface area contributed by atoms with Crippen LogP contribution < -0.4 is 5.32 Å². The zero-order chi connectivity index (χ0) is 13.9. The Balaban J connectivity index is 1.86. The summed E-state index contributed by atoms with van der Waals surface area (Å²) in [5, 5.41) is 3.73. The Bertz CT molecular complexity index is 305. The molecule has 1 spiro atoms. The van der Waals surface area contributed by atoms with Crippen molar-refractivity contribution in [3.63, 3.8) is 0 Å². The predicted molar refractivity (Wildman–Crippen MR) is 76.2 cm³/mol. The molecule has 0 atom stereocenters. The number of rotatable bonds is 0. The van der Waals surface area contributed by atoms with Crippen LogP contribution in [-0.2, 0) is 4.74 Å². The number of nitrogens with one attached hydrogen (secondary N) is 1. The van der Waals surface area contributed by atoms with Gasteiger partial charge < -0.3 is 15.0 Å². The summed E-state index contributed by atoms with van der Waals surface area (Å²) in [4.78, 5) is 13.9. The van der Waals surface area contributed by atoms with E-state index in [2.05, 4.69) is 5.32 Å². The number of carbonyl (C=O) groups is 1. The second-order valence-electron chi connectivity index (χ2n) is 6.99. The summed E-state index contributed by atoms with van der Waals surface area (Å²) < 4.78 is 5.44. The molecule has 2 rings (SSSR count). The Morgan fingerprint density at radius 3 is 2.42 bits per heavy atom. The second-order valence-corrected chi connectivity index (χ2v) is 6.99. The summed E-state index contributed by atoms with van der Waals surface area (Å²) in [6, 6.07) is 0. The maximum Gasteiger partial charge on any atom is 0.410 e. The van der Waals surface area contributed by atoms with Crippen molar-refractivity contribution in [3.05, 3.63) is 0 Å². The van der Waals surface area contributed by atoms with Gasteiger partial charge in [-0.3, -0.25) is 0 Å². The molecule has 0 aromatic carbocycles. The van der Waals surface area contributed by atoms with Crippen LogP contribution in [0.25, 0.3) is 0 Å². The number of carbonyl (C=O) groups excluding carboxylic acids is 1. The van der Waals surface area contributed by atoms with E-state index in [0.29, 0.717) is 0 Å². The predicted octanol–water partition coefficient (Wildman–Crippen LogP) is 2.92. The van der Waals surface area contributed by atoms with E-state index in [1.165, 1.54) is 25.7 Å². The van der Waals surface area contributed by atoms with Crippen molar-refractivity contribution in [2.45, 2.75) is 70.4 Å². The highest BCUT2D eigenvalue weighted by molar-refractivity contribution is 5.68. The molecule has 1 amide bonds. The molecule has 0 aliphatic carbocycles. The number of hydrogen-bond acceptors (Lipinski definition) is 3. The SMILES string of the molecule is CC(C)(C)OC(=O)N1CCC2(CCCCCN2)CC1. The van der Waals surface area contributed by atoms with Crippen LogP contribution in [-0.4, -0.2) is 41.8 Å². The van der Waals surface area contributed by atoms with Gasteiger partial charge in [0.2, 0.25) is 0 Å². The van der Waals surface area contributed by atoms with Crippen LogP contribution in [0, 0.1) is 0 Å². The maximum atomic E-state index is 12.0. The average Bonchev–Trinajstić information content (AvgIpc) is 2.54. The lowest BCUT2D eigenvalue weighted by molar-refractivity contribution is 0.0144. The van der Waals surface area contributed by atoms with Crippen LogP contribution in [0.5, 0.6) is 0 Å². The lowest BCUT2D eigenvalue weighted by Crippen LogP contribution is -2.54. The zero-order valence-electron chi connectivity index (χ0n) is 12.6. The van der Waals surface area contributed by atoms with Gasteiger partial charge in [0.05, 0.1) is 0 Å². The standard InChI is InChI=1S/C15H28N2O2/c1-14(2,3)19-13(18)17-11-8-15(9-12-17)7-5-4-6-10-16-15/h16H,4-12H2,1-3H3. The van der Waals surface area contributed by atoms with Gasteiger partial charge in [-0.1, -0.05) is 12.8 Å². The quantitative estimate of drug-likeness (QED) is 0.734. The molecular formula is C15H28N2O2. The lowest BCUT2D eigenvalue weighted by Gasteiger charge is -2.42. The summed E-state index contributed by atoms with van der Waals surface area (Å²) in [5.74, 6) is 0. The number of amides is 1. The van der Waals surface area contributed by atoms with E-state index in [1.807, 2.05) is 25.7 Å². The zero-order valence-corrected chi connectivity index (χ0v) is 12.6. The van der Waals surface area contributed by atoms with Crippen LogP contribution in [0.15, 0.2) is 0 Å². The minimum atomic E-state index is -0.396. The van der Waals surface area contributed by atoms with Gasteiger partial charge in [-0.15, -0.1) is 0 Å². The van der Waals surface area contributed by atoms with Crippen molar-refractivity contribution in [2.75, 3.05) is 19.6 Å². The molecule has 2 aliphatic heterocycles. The summed E-state index contributed by atoms with van der Waals surface area (Å²) in [5.41, 5.74) is -0.109. The Kier molecular flexibility index (Phi) is 4.39. The third-order valence-electron chi connectivity index (χ3n) is 4.20. The van der Waals surface area contributed by atoms with E-state index in [9.17, 15) is 4.79 Å². The molecule has 0 aromatic heterocycles. The van der Waals surface area contributed by atoms with Gasteiger partial charge in [0.25, 0.3) is 0 Å². The van der Waals surface area contributed by atoms with Gasteiger partial charge in [0.15, 0.2) is 0 Å². The average molecular weight is 268 g/mol. The molecule has 0 radical (unpaired) electrons. The largest absolute Gasteiger partial charge is 0.444 e. The third kappa shape index (κ3) is 4.10. The van der Waals surface area contributed by atoms with E-state index < -0.39 is 5.60 Å². The molecule has 2 fully saturated rings. The molecule has 2 heterocycles. The molecule has 110 valence electrons. The topological polar surface area (TPSA) is 41.6 Å². The summed E-state index contributed by atoms with van der Waals surface area (Å²) in [6.07, 6.45) is 7.17. The first-order valence-corrected chi connectivity index (χ1v) is 7.63. The summed E-state index contributed by atoms with van der Waals surface area (Å²) in [7, 11) is 0. The highest BCUT2D eigenvalue weighted by atomic mass is 16.6. The van der Waals surface area contributed by atoms with Crippen molar-refractivity contribution >= 4 is 6.09 Å². The first kappa shape index (κ1) is 14.6. The molecule has 0 saturated carbocycles. The highest BCUT2D eigenvalue weighted by Crippen LogP contribution is 2.30. The lowest BCUT2D eigenvalue weighted by atomic mass is 9.83. The number of likely N-dealkylation sites (tertiary alicyclic amines) is 1. The molecular weight excluding hydrogens is 240 g/mol.